The summed E-state index contributed by atoms with van der Waals surface area (Å²) in [4.78, 5) is 21.6. The van der Waals surface area contributed by atoms with E-state index in [9.17, 15) is 13.2 Å². The van der Waals surface area contributed by atoms with E-state index >= 15 is 0 Å². The van der Waals surface area contributed by atoms with Gasteiger partial charge in [-0.15, -0.1) is 0 Å². The second-order valence-corrected chi connectivity index (χ2v) is 8.40. The van der Waals surface area contributed by atoms with E-state index in [-0.39, 0.29) is 16.7 Å². The third-order valence-electron chi connectivity index (χ3n) is 4.17. The van der Waals surface area contributed by atoms with Crippen molar-refractivity contribution in [3.63, 3.8) is 0 Å². The number of fused-ring (bicyclic) bond motifs is 1. The van der Waals surface area contributed by atoms with Gasteiger partial charge in [-0.05, 0) is 42.5 Å². The topological polar surface area (TPSA) is 102 Å². The van der Waals surface area contributed by atoms with Gasteiger partial charge in [-0.2, -0.15) is 0 Å². The van der Waals surface area contributed by atoms with Gasteiger partial charge in [0.2, 0.25) is 0 Å². The van der Waals surface area contributed by atoms with Crippen molar-refractivity contribution in [3.8, 4) is 0 Å². The molecule has 8 nitrogen and oxygen atoms in total. The van der Waals surface area contributed by atoms with E-state index in [1.807, 2.05) is 13.8 Å². The number of hydrogen-bond donors (Lipinski definition) is 1. The molecular weight excluding hydrogens is 382 g/mol. The molecule has 0 bridgehead atoms. The van der Waals surface area contributed by atoms with Crippen molar-refractivity contribution in [3.05, 3.63) is 53.9 Å². The zero-order chi connectivity index (χ0) is 20.5. The monoisotopic (exact) mass is 403 g/mol. The van der Waals surface area contributed by atoms with E-state index in [2.05, 4.69) is 10.3 Å². The largest absolute Gasteiger partial charge is 0.440 e. The predicted molar refractivity (Wildman–Crippen MR) is 104 cm³/mol. The first kappa shape index (κ1) is 20.0. The Morgan fingerprint density at radius 2 is 1.86 bits per heavy atom. The van der Waals surface area contributed by atoms with Gasteiger partial charge in [-0.1, -0.05) is 18.3 Å². The van der Waals surface area contributed by atoms with Gasteiger partial charge >= 0.3 is 0 Å². The summed E-state index contributed by atoms with van der Waals surface area (Å²) in [5.41, 5.74) is 2.20. The van der Waals surface area contributed by atoms with Crippen LogP contribution in [0.2, 0.25) is 0 Å². The standard InChI is InChI=1S/C19H21N3O5S/c1-12(2)19-21-16-11-14(7-10-17(16)27-19)20-18(23)13-5-8-15(9-6-13)28(24,25)22(3)26-4/h5-12H,1-4H3,(H,20,23). The maximum Gasteiger partial charge on any atom is 0.264 e. The minimum absolute atomic E-state index is 0.0265. The van der Waals surface area contributed by atoms with Crippen molar-refractivity contribution in [1.82, 2.24) is 9.45 Å². The van der Waals surface area contributed by atoms with Gasteiger partial charge in [0.05, 0.1) is 12.0 Å². The Bertz CT molecular complexity index is 1100. The predicted octanol–water partition coefficient (Wildman–Crippen LogP) is 3.39. The molecule has 148 valence electrons. The first-order chi connectivity index (χ1) is 13.2. The molecule has 0 spiro atoms. The van der Waals surface area contributed by atoms with Gasteiger partial charge in [-0.25, -0.2) is 13.4 Å². The van der Waals surface area contributed by atoms with Gasteiger partial charge < -0.3 is 9.73 Å². The van der Waals surface area contributed by atoms with Crippen molar-refractivity contribution in [1.29, 1.82) is 0 Å². The number of aromatic nitrogens is 1. The van der Waals surface area contributed by atoms with Crippen LogP contribution in [-0.4, -0.2) is 37.9 Å². The Labute approximate surface area is 163 Å². The third-order valence-corrected chi connectivity index (χ3v) is 5.86. The lowest BCUT2D eigenvalue weighted by atomic mass is 10.2. The number of amides is 1. The van der Waals surface area contributed by atoms with E-state index < -0.39 is 10.0 Å². The maximum absolute atomic E-state index is 12.5. The van der Waals surface area contributed by atoms with Crippen LogP contribution in [0.5, 0.6) is 0 Å². The van der Waals surface area contributed by atoms with Crippen LogP contribution in [0.25, 0.3) is 11.1 Å². The molecule has 28 heavy (non-hydrogen) atoms. The molecule has 1 aromatic heterocycles. The Morgan fingerprint density at radius 3 is 2.46 bits per heavy atom. The third kappa shape index (κ3) is 3.91. The molecule has 9 heteroatoms. The fourth-order valence-electron chi connectivity index (χ4n) is 2.50. The summed E-state index contributed by atoms with van der Waals surface area (Å²) in [5, 5.41) is 2.78. The Morgan fingerprint density at radius 1 is 1.18 bits per heavy atom. The van der Waals surface area contributed by atoms with Crippen molar-refractivity contribution in [2.75, 3.05) is 19.5 Å². The van der Waals surface area contributed by atoms with Crippen LogP contribution in [0.1, 0.15) is 36.0 Å². The maximum atomic E-state index is 12.5. The van der Waals surface area contributed by atoms with E-state index in [0.717, 1.165) is 4.47 Å². The molecule has 0 aliphatic heterocycles. The van der Waals surface area contributed by atoms with E-state index in [1.54, 1.807) is 18.2 Å². The van der Waals surface area contributed by atoms with Gasteiger partial charge in [-0.3, -0.25) is 9.63 Å². The fourth-order valence-corrected chi connectivity index (χ4v) is 3.47. The SMILES string of the molecule is CON(C)S(=O)(=O)c1ccc(C(=O)Nc2ccc3oc(C(C)C)nc3c2)cc1. The lowest BCUT2D eigenvalue weighted by molar-refractivity contribution is -0.0258. The van der Waals surface area contributed by atoms with E-state index in [1.165, 1.54) is 38.4 Å². The van der Waals surface area contributed by atoms with Gasteiger partial charge in [0.1, 0.15) is 5.52 Å². The average molecular weight is 403 g/mol. The zero-order valence-electron chi connectivity index (χ0n) is 16.0. The van der Waals surface area contributed by atoms with Crippen LogP contribution in [0.4, 0.5) is 5.69 Å². The molecule has 0 atom stereocenters. The zero-order valence-corrected chi connectivity index (χ0v) is 16.8. The van der Waals surface area contributed by atoms with Crippen LogP contribution in [0, 0.1) is 0 Å². The number of rotatable bonds is 6. The summed E-state index contributed by atoms with van der Waals surface area (Å²) in [6.45, 7) is 3.98. The van der Waals surface area contributed by atoms with Crippen LogP contribution in [0.3, 0.4) is 0 Å². The normalized spacial score (nSPS) is 12.1. The number of carbonyl (C=O) groups excluding carboxylic acids is 1. The number of hydroxylamine groups is 1. The fraction of sp³-hybridized carbons (Fsp3) is 0.263. The van der Waals surface area contributed by atoms with Crippen LogP contribution >= 0.6 is 0 Å². The average Bonchev–Trinajstić information content (AvgIpc) is 3.11. The Kier molecular flexibility index (Phi) is 5.50. The molecule has 0 radical (unpaired) electrons. The highest BCUT2D eigenvalue weighted by Crippen LogP contribution is 2.24. The molecule has 0 saturated carbocycles. The molecule has 1 amide bonds. The molecule has 0 unspecified atom stereocenters. The Hall–Kier alpha value is -2.75. The summed E-state index contributed by atoms with van der Waals surface area (Å²) >= 11 is 0. The summed E-state index contributed by atoms with van der Waals surface area (Å²) in [6.07, 6.45) is 0. The lowest BCUT2D eigenvalue weighted by Gasteiger charge is -2.14. The van der Waals surface area contributed by atoms with Crippen LogP contribution in [0.15, 0.2) is 51.8 Å². The minimum atomic E-state index is -3.76. The molecule has 2 aromatic carbocycles. The summed E-state index contributed by atoms with van der Waals surface area (Å²) < 4.78 is 30.8. The number of carbonyl (C=O) groups is 1. The summed E-state index contributed by atoms with van der Waals surface area (Å²) in [5.74, 6) is 0.435. The van der Waals surface area contributed by atoms with Crippen LogP contribution < -0.4 is 5.32 Å². The molecule has 0 aliphatic carbocycles. The highest BCUT2D eigenvalue weighted by atomic mass is 32.2. The van der Waals surface area contributed by atoms with E-state index in [4.69, 9.17) is 9.25 Å². The Balaban J connectivity index is 1.78. The second-order valence-electron chi connectivity index (χ2n) is 6.47. The number of oxazole rings is 1. The molecule has 0 aliphatic rings. The summed E-state index contributed by atoms with van der Waals surface area (Å²) in [7, 11) is -1.21. The molecule has 1 heterocycles. The number of hydrogen-bond acceptors (Lipinski definition) is 6. The van der Waals surface area contributed by atoms with Crippen molar-refractivity contribution >= 4 is 32.7 Å². The first-order valence-corrected chi connectivity index (χ1v) is 10.0. The first-order valence-electron chi connectivity index (χ1n) is 8.57. The van der Waals surface area contributed by atoms with Crippen LogP contribution in [-0.2, 0) is 14.9 Å². The van der Waals surface area contributed by atoms with Crippen molar-refractivity contribution in [2.45, 2.75) is 24.7 Å². The molecule has 0 saturated heterocycles. The molecule has 1 N–H and O–H groups in total. The summed E-state index contributed by atoms with van der Waals surface area (Å²) in [6, 6.07) is 10.8. The number of sulfonamides is 1. The molecule has 3 rings (SSSR count). The highest BCUT2D eigenvalue weighted by molar-refractivity contribution is 7.89. The highest BCUT2D eigenvalue weighted by Gasteiger charge is 2.21. The number of nitrogens with one attached hydrogen (secondary N) is 1. The quantitative estimate of drug-likeness (QED) is 0.633. The molecule has 0 fully saturated rings. The smallest absolute Gasteiger partial charge is 0.264 e. The lowest BCUT2D eigenvalue weighted by Crippen LogP contribution is -2.25. The van der Waals surface area contributed by atoms with Gasteiger partial charge in [0.15, 0.2) is 11.5 Å². The van der Waals surface area contributed by atoms with Crippen molar-refractivity contribution < 1.29 is 22.5 Å². The number of nitrogens with zero attached hydrogens (tertiary/aromatic N) is 2. The van der Waals surface area contributed by atoms with Gasteiger partial charge in [0, 0.05) is 24.2 Å². The molecular formula is C19H21N3O5S. The van der Waals surface area contributed by atoms with Crippen molar-refractivity contribution in [2.24, 2.45) is 0 Å². The number of benzene rings is 2. The molecule has 3 aromatic rings. The van der Waals surface area contributed by atoms with E-state index in [0.29, 0.717) is 28.2 Å². The minimum Gasteiger partial charge on any atom is -0.440 e. The van der Waals surface area contributed by atoms with Gasteiger partial charge in [0.25, 0.3) is 15.9 Å². The second kappa shape index (κ2) is 7.70. The number of anilines is 1.